The Morgan fingerprint density at radius 2 is 1.97 bits per heavy atom. The standard InChI is InChI=1S/C24H22FN3O4/c1-3-26-24(30)20-11-14-10-15(4-5-18(14)28-20)32-22-7-9-27-19-13-23(31-2)17(12-16(19)22)21(29)6-8-25/h4-5,7,9-13,28H,3,6,8H2,1-2H3,(H,26,30). The molecule has 1 amide bonds. The molecule has 2 heterocycles. The maximum Gasteiger partial charge on any atom is 0.267 e. The molecule has 0 radical (unpaired) electrons. The molecule has 8 heteroatoms. The molecule has 0 saturated carbocycles. The molecule has 0 unspecified atom stereocenters. The number of pyridine rings is 1. The summed E-state index contributed by atoms with van der Waals surface area (Å²) in [6.07, 6.45) is 1.37. The summed E-state index contributed by atoms with van der Waals surface area (Å²) in [5, 5.41) is 4.19. The zero-order chi connectivity index (χ0) is 22.7. The van der Waals surface area contributed by atoms with E-state index < -0.39 is 6.67 Å². The second kappa shape index (κ2) is 9.05. The van der Waals surface area contributed by atoms with Crippen molar-refractivity contribution in [3.8, 4) is 17.2 Å². The predicted octanol–water partition coefficient (Wildman–Crippen LogP) is 4.81. The first-order chi connectivity index (χ1) is 15.5. The molecule has 0 spiro atoms. The number of halogens is 1. The van der Waals surface area contributed by atoms with Gasteiger partial charge in [0.25, 0.3) is 5.91 Å². The monoisotopic (exact) mass is 435 g/mol. The number of fused-ring (bicyclic) bond motifs is 2. The SMILES string of the molecule is CCNC(=O)c1cc2cc(Oc3ccnc4cc(OC)c(C(=O)CCF)cc34)ccc2[nH]1. The number of benzene rings is 2. The number of ether oxygens (including phenoxy) is 2. The van der Waals surface area contributed by atoms with E-state index in [-0.39, 0.29) is 23.7 Å². The van der Waals surface area contributed by atoms with E-state index in [1.54, 1.807) is 36.5 Å². The number of ketones is 1. The Balaban J connectivity index is 1.72. The number of Topliss-reactive ketones (excluding diaryl/α,β-unsaturated/α-hetero) is 1. The van der Waals surface area contributed by atoms with Crippen LogP contribution in [0.4, 0.5) is 4.39 Å². The Bertz CT molecular complexity index is 1320. The molecular formula is C24H22FN3O4. The highest BCUT2D eigenvalue weighted by molar-refractivity contribution is 6.03. The number of nitrogens with zero attached hydrogens (tertiary/aromatic N) is 1. The fourth-order valence-corrected chi connectivity index (χ4v) is 3.52. The molecule has 0 aliphatic carbocycles. The summed E-state index contributed by atoms with van der Waals surface area (Å²) in [4.78, 5) is 31.9. The molecule has 2 aromatic carbocycles. The summed E-state index contributed by atoms with van der Waals surface area (Å²) in [5.74, 6) is 0.857. The van der Waals surface area contributed by atoms with Crippen molar-refractivity contribution in [3.63, 3.8) is 0 Å². The molecule has 0 saturated heterocycles. The molecule has 164 valence electrons. The predicted molar refractivity (Wildman–Crippen MR) is 120 cm³/mol. The minimum absolute atomic E-state index is 0.175. The summed E-state index contributed by atoms with van der Waals surface area (Å²) in [6.45, 7) is 1.65. The average Bonchev–Trinajstić information content (AvgIpc) is 3.22. The van der Waals surface area contributed by atoms with Crippen molar-refractivity contribution in [2.24, 2.45) is 0 Å². The maximum atomic E-state index is 12.7. The topological polar surface area (TPSA) is 93.3 Å². The van der Waals surface area contributed by atoms with Crippen LogP contribution < -0.4 is 14.8 Å². The number of amides is 1. The molecule has 0 fully saturated rings. The normalized spacial score (nSPS) is 11.0. The number of methoxy groups -OCH3 is 1. The van der Waals surface area contributed by atoms with E-state index in [1.807, 2.05) is 19.1 Å². The molecule has 4 rings (SSSR count). The van der Waals surface area contributed by atoms with Crippen LogP contribution >= 0.6 is 0 Å². The van der Waals surface area contributed by atoms with Crippen LogP contribution in [0.5, 0.6) is 17.2 Å². The van der Waals surface area contributed by atoms with Crippen LogP contribution in [0.15, 0.2) is 48.7 Å². The quantitative estimate of drug-likeness (QED) is 0.388. The highest BCUT2D eigenvalue weighted by Crippen LogP contribution is 2.34. The lowest BCUT2D eigenvalue weighted by Crippen LogP contribution is -2.22. The van der Waals surface area contributed by atoms with E-state index in [4.69, 9.17) is 9.47 Å². The van der Waals surface area contributed by atoms with Gasteiger partial charge in [0.05, 0.1) is 24.9 Å². The lowest BCUT2D eigenvalue weighted by molar-refractivity contribution is 0.0948. The Morgan fingerprint density at radius 3 is 2.72 bits per heavy atom. The largest absolute Gasteiger partial charge is 0.496 e. The number of carbonyl (C=O) groups excluding carboxylic acids is 2. The van der Waals surface area contributed by atoms with Crippen LogP contribution in [-0.2, 0) is 0 Å². The van der Waals surface area contributed by atoms with E-state index in [0.29, 0.717) is 40.4 Å². The average molecular weight is 435 g/mol. The van der Waals surface area contributed by atoms with Crippen LogP contribution in [0.1, 0.15) is 34.2 Å². The first kappa shape index (κ1) is 21.3. The van der Waals surface area contributed by atoms with Gasteiger partial charge in [0, 0.05) is 41.5 Å². The van der Waals surface area contributed by atoms with Crippen LogP contribution in [0.25, 0.3) is 21.8 Å². The third kappa shape index (κ3) is 4.12. The molecular weight excluding hydrogens is 413 g/mol. The summed E-state index contributed by atoms with van der Waals surface area (Å²) < 4.78 is 24.2. The molecule has 0 aliphatic heterocycles. The van der Waals surface area contributed by atoms with Crippen LogP contribution in [0, 0.1) is 0 Å². The van der Waals surface area contributed by atoms with Crippen LogP contribution in [-0.4, -0.2) is 42.0 Å². The van der Waals surface area contributed by atoms with Crippen molar-refractivity contribution in [2.75, 3.05) is 20.3 Å². The van der Waals surface area contributed by atoms with Crippen molar-refractivity contribution in [3.05, 3.63) is 59.9 Å². The van der Waals surface area contributed by atoms with E-state index in [9.17, 15) is 14.0 Å². The van der Waals surface area contributed by atoms with Crippen LogP contribution in [0.3, 0.4) is 0 Å². The smallest absolute Gasteiger partial charge is 0.267 e. The van der Waals surface area contributed by atoms with Crippen molar-refractivity contribution < 1.29 is 23.5 Å². The molecule has 0 atom stereocenters. The second-order valence-electron chi connectivity index (χ2n) is 7.13. The van der Waals surface area contributed by atoms with Gasteiger partial charge in [0.2, 0.25) is 0 Å². The third-order valence-electron chi connectivity index (χ3n) is 5.05. The number of aromatic amines is 1. The number of carbonyl (C=O) groups is 2. The zero-order valence-electron chi connectivity index (χ0n) is 17.7. The number of aromatic nitrogens is 2. The maximum absolute atomic E-state index is 12.7. The summed E-state index contributed by atoms with van der Waals surface area (Å²) in [6, 6.07) is 12.1. The first-order valence-electron chi connectivity index (χ1n) is 10.2. The van der Waals surface area contributed by atoms with Gasteiger partial charge in [-0.05, 0) is 43.3 Å². The number of nitrogens with one attached hydrogen (secondary N) is 2. The number of hydrogen-bond donors (Lipinski definition) is 2. The molecule has 4 aromatic rings. The van der Waals surface area contributed by atoms with E-state index in [1.165, 1.54) is 7.11 Å². The molecule has 7 nitrogen and oxygen atoms in total. The highest BCUT2D eigenvalue weighted by Gasteiger charge is 2.17. The number of H-pyrrole nitrogens is 1. The van der Waals surface area contributed by atoms with Gasteiger partial charge in [0.15, 0.2) is 5.78 Å². The Labute approximate surface area is 183 Å². The van der Waals surface area contributed by atoms with Crippen molar-refractivity contribution in [1.82, 2.24) is 15.3 Å². The van der Waals surface area contributed by atoms with Gasteiger partial charge in [-0.25, -0.2) is 0 Å². The van der Waals surface area contributed by atoms with Crippen LogP contribution in [0.2, 0.25) is 0 Å². The van der Waals surface area contributed by atoms with Crippen molar-refractivity contribution >= 4 is 33.5 Å². The number of rotatable bonds is 8. The third-order valence-corrected chi connectivity index (χ3v) is 5.05. The Morgan fingerprint density at radius 1 is 1.12 bits per heavy atom. The van der Waals surface area contributed by atoms with E-state index >= 15 is 0 Å². The molecule has 2 aromatic heterocycles. The summed E-state index contributed by atoms with van der Waals surface area (Å²) >= 11 is 0. The number of alkyl halides is 1. The van der Waals surface area contributed by atoms with Gasteiger partial charge < -0.3 is 19.8 Å². The Hall–Kier alpha value is -3.94. The van der Waals surface area contributed by atoms with Gasteiger partial charge in [-0.1, -0.05) is 0 Å². The van der Waals surface area contributed by atoms with Crippen molar-refractivity contribution in [1.29, 1.82) is 0 Å². The van der Waals surface area contributed by atoms with Gasteiger partial charge in [-0.2, -0.15) is 0 Å². The van der Waals surface area contributed by atoms with Crippen molar-refractivity contribution in [2.45, 2.75) is 13.3 Å². The lowest BCUT2D eigenvalue weighted by Gasteiger charge is -2.12. The molecule has 2 N–H and O–H groups in total. The minimum Gasteiger partial charge on any atom is -0.496 e. The molecule has 32 heavy (non-hydrogen) atoms. The van der Waals surface area contributed by atoms with Gasteiger partial charge in [0.1, 0.15) is 22.9 Å². The fraction of sp³-hybridized carbons (Fsp3) is 0.208. The molecule has 0 bridgehead atoms. The van der Waals surface area contributed by atoms with Gasteiger partial charge in [-0.15, -0.1) is 0 Å². The summed E-state index contributed by atoms with van der Waals surface area (Å²) in [5.41, 5.74) is 2.14. The van der Waals surface area contributed by atoms with E-state index in [2.05, 4.69) is 15.3 Å². The number of hydrogen-bond acceptors (Lipinski definition) is 5. The Kier molecular flexibility index (Phi) is 6.02. The fourth-order valence-electron chi connectivity index (χ4n) is 3.52. The van der Waals surface area contributed by atoms with Gasteiger partial charge in [-0.3, -0.25) is 19.0 Å². The van der Waals surface area contributed by atoms with Gasteiger partial charge >= 0.3 is 0 Å². The summed E-state index contributed by atoms with van der Waals surface area (Å²) in [7, 11) is 1.45. The highest BCUT2D eigenvalue weighted by atomic mass is 19.1. The minimum atomic E-state index is -0.745. The lowest BCUT2D eigenvalue weighted by atomic mass is 10.0. The zero-order valence-corrected chi connectivity index (χ0v) is 17.7. The van der Waals surface area contributed by atoms with E-state index in [0.717, 1.165) is 10.9 Å². The first-order valence-corrected chi connectivity index (χ1v) is 10.2. The second-order valence-corrected chi connectivity index (χ2v) is 7.13. The molecule has 0 aliphatic rings.